The summed E-state index contributed by atoms with van der Waals surface area (Å²) in [6.45, 7) is 5.36. The molecule has 7 heteroatoms. The first-order chi connectivity index (χ1) is 10.2. The Bertz CT molecular complexity index is 526. The number of amides is 1. The van der Waals surface area contributed by atoms with Crippen molar-refractivity contribution in [3.8, 4) is 0 Å². The number of hydrogen-bond acceptors (Lipinski definition) is 5. The molecule has 2 N–H and O–H groups in total. The maximum atomic E-state index is 12.0. The zero-order chi connectivity index (χ0) is 15.1. The van der Waals surface area contributed by atoms with E-state index in [0.29, 0.717) is 17.3 Å². The second kappa shape index (κ2) is 8.19. The average Bonchev–Trinajstić information content (AvgIpc) is 2.48. The van der Waals surface area contributed by atoms with Crippen molar-refractivity contribution in [2.24, 2.45) is 0 Å². The van der Waals surface area contributed by atoms with Gasteiger partial charge < -0.3 is 15.2 Å². The molecular weight excluding hydrogens is 288 g/mol. The average molecular weight is 310 g/mol. The van der Waals surface area contributed by atoms with Gasteiger partial charge in [0.2, 0.25) is 5.91 Å². The van der Waals surface area contributed by atoms with Crippen molar-refractivity contribution in [2.75, 3.05) is 31.9 Å². The number of thioether (sulfide) groups is 1. The number of aromatic nitrogens is 2. The van der Waals surface area contributed by atoms with Crippen LogP contribution in [0.15, 0.2) is 16.0 Å². The largest absolute Gasteiger partial charge is 0.340 e. The predicted octanol–water partition coefficient (Wildman–Crippen LogP) is 0.636. The number of H-pyrrole nitrogens is 1. The van der Waals surface area contributed by atoms with Crippen molar-refractivity contribution in [3.63, 3.8) is 0 Å². The van der Waals surface area contributed by atoms with E-state index in [9.17, 15) is 9.59 Å². The van der Waals surface area contributed by atoms with Gasteiger partial charge in [-0.15, -0.1) is 0 Å². The topological polar surface area (TPSA) is 78.1 Å². The lowest BCUT2D eigenvalue weighted by Gasteiger charge is -2.27. The van der Waals surface area contributed by atoms with E-state index in [1.54, 1.807) is 6.07 Å². The fourth-order valence-corrected chi connectivity index (χ4v) is 3.07. The van der Waals surface area contributed by atoms with Crippen LogP contribution >= 0.6 is 11.8 Å². The summed E-state index contributed by atoms with van der Waals surface area (Å²) in [5.74, 6) is 0.817. The molecule has 1 saturated heterocycles. The summed E-state index contributed by atoms with van der Waals surface area (Å²) in [4.78, 5) is 32.6. The highest BCUT2D eigenvalue weighted by atomic mass is 32.2. The smallest absolute Gasteiger partial charge is 0.251 e. The normalized spacial score (nSPS) is 15.2. The Hall–Kier alpha value is -1.34. The number of carbonyl (C=O) groups excluding carboxylic acids is 1. The molecule has 0 saturated carbocycles. The van der Waals surface area contributed by atoms with E-state index >= 15 is 0 Å². The van der Waals surface area contributed by atoms with Crippen molar-refractivity contribution in [2.45, 2.75) is 31.3 Å². The molecular formula is C14H22N4O2S. The summed E-state index contributed by atoms with van der Waals surface area (Å²) >= 11 is 1.44. The molecule has 1 aliphatic rings. The predicted molar refractivity (Wildman–Crippen MR) is 83.6 cm³/mol. The van der Waals surface area contributed by atoms with Crippen LogP contribution in [0.25, 0.3) is 0 Å². The first kappa shape index (κ1) is 16.0. The zero-order valence-corrected chi connectivity index (χ0v) is 13.2. The summed E-state index contributed by atoms with van der Waals surface area (Å²) in [6, 6.07) is 1.54. The lowest BCUT2D eigenvalue weighted by atomic mass is 10.2. The van der Waals surface area contributed by atoms with Gasteiger partial charge in [0, 0.05) is 50.1 Å². The number of nitrogens with one attached hydrogen (secondary N) is 2. The molecule has 2 heterocycles. The number of carbonyl (C=O) groups is 1. The van der Waals surface area contributed by atoms with E-state index in [1.165, 1.54) is 11.8 Å². The fourth-order valence-electron chi connectivity index (χ4n) is 2.24. The Labute approximate surface area is 128 Å². The van der Waals surface area contributed by atoms with Gasteiger partial charge in [0.05, 0.1) is 0 Å². The number of hydrogen-bond donors (Lipinski definition) is 2. The molecule has 0 aromatic carbocycles. The highest BCUT2D eigenvalue weighted by Crippen LogP contribution is 2.14. The van der Waals surface area contributed by atoms with Crippen LogP contribution in [-0.4, -0.2) is 52.7 Å². The third-order valence-corrected chi connectivity index (χ3v) is 4.18. The molecule has 116 valence electrons. The minimum atomic E-state index is -0.121. The van der Waals surface area contributed by atoms with Crippen molar-refractivity contribution >= 4 is 17.7 Å². The number of rotatable bonds is 6. The quantitative estimate of drug-likeness (QED) is 0.595. The van der Waals surface area contributed by atoms with Gasteiger partial charge in [-0.05, 0) is 6.42 Å². The Morgan fingerprint density at radius 1 is 1.43 bits per heavy atom. The van der Waals surface area contributed by atoms with Gasteiger partial charge in [0.1, 0.15) is 0 Å². The van der Waals surface area contributed by atoms with Crippen molar-refractivity contribution in [1.82, 2.24) is 20.2 Å². The van der Waals surface area contributed by atoms with E-state index in [4.69, 9.17) is 0 Å². The molecule has 0 radical (unpaired) electrons. The highest BCUT2D eigenvalue weighted by Gasteiger charge is 2.15. The minimum Gasteiger partial charge on any atom is -0.340 e. The van der Waals surface area contributed by atoms with Gasteiger partial charge >= 0.3 is 0 Å². The Morgan fingerprint density at radius 3 is 2.90 bits per heavy atom. The van der Waals surface area contributed by atoms with E-state index in [2.05, 4.69) is 22.2 Å². The molecule has 0 bridgehead atoms. The summed E-state index contributed by atoms with van der Waals surface area (Å²) < 4.78 is 0. The van der Waals surface area contributed by atoms with E-state index < -0.39 is 0 Å². The molecule has 1 fully saturated rings. The van der Waals surface area contributed by atoms with Gasteiger partial charge in [-0.1, -0.05) is 25.1 Å². The van der Waals surface area contributed by atoms with E-state index in [0.717, 1.165) is 44.7 Å². The van der Waals surface area contributed by atoms with Gasteiger partial charge in [-0.3, -0.25) is 9.59 Å². The van der Waals surface area contributed by atoms with E-state index in [-0.39, 0.29) is 11.5 Å². The van der Waals surface area contributed by atoms with Gasteiger partial charge in [0.15, 0.2) is 5.16 Å². The monoisotopic (exact) mass is 310 g/mol. The van der Waals surface area contributed by atoms with Crippen molar-refractivity contribution < 1.29 is 4.79 Å². The lowest BCUT2D eigenvalue weighted by Crippen LogP contribution is -2.46. The van der Waals surface area contributed by atoms with Crippen LogP contribution in [0, 0.1) is 0 Å². The number of piperazine rings is 1. The molecule has 0 aliphatic carbocycles. The van der Waals surface area contributed by atoms with Crippen LogP contribution in [0.5, 0.6) is 0 Å². The molecule has 0 atom stereocenters. The van der Waals surface area contributed by atoms with Crippen LogP contribution in [0.4, 0.5) is 0 Å². The molecule has 1 aliphatic heterocycles. The molecule has 0 unspecified atom stereocenters. The van der Waals surface area contributed by atoms with Crippen LogP contribution in [0.3, 0.4) is 0 Å². The number of aryl methyl sites for hydroxylation is 1. The SMILES string of the molecule is CCCc1cc(=O)[nH]c(SCCC(=O)N2CCNCC2)n1. The second-order valence-corrected chi connectivity index (χ2v) is 6.10. The maximum Gasteiger partial charge on any atom is 0.251 e. The Morgan fingerprint density at radius 2 is 2.19 bits per heavy atom. The standard InChI is InChI=1S/C14H22N4O2S/c1-2-3-11-10-12(19)17-14(16-11)21-9-4-13(20)18-7-5-15-6-8-18/h10,15H,2-9H2,1H3,(H,16,17,19). The van der Waals surface area contributed by atoms with Gasteiger partial charge in [-0.25, -0.2) is 4.98 Å². The molecule has 21 heavy (non-hydrogen) atoms. The summed E-state index contributed by atoms with van der Waals surface area (Å²) in [7, 11) is 0. The third-order valence-electron chi connectivity index (χ3n) is 3.30. The van der Waals surface area contributed by atoms with Crippen LogP contribution in [-0.2, 0) is 11.2 Å². The van der Waals surface area contributed by atoms with Crippen molar-refractivity contribution in [1.29, 1.82) is 0 Å². The minimum absolute atomic E-state index is 0.121. The molecule has 6 nitrogen and oxygen atoms in total. The third kappa shape index (κ3) is 5.17. The van der Waals surface area contributed by atoms with Crippen LogP contribution < -0.4 is 10.9 Å². The summed E-state index contributed by atoms with van der Waals surface area (Å²) in [5, 5.41) is 3.84. The highest BCUT2D eigenvalue weighted by molar-refractivity contribution is 7.99. The van der Waals surface area contributed by atoms with Crippen LogP contribution in [0.2, 0.25) is 0 Å². The van der Waals surface area contributed by atoms with Gasteiger partial charge in [-0.2, -0.15) is 0 Å². The Balaban J connectivity index is 1.82. The van der Waals surface area contributed by atoms with Crippen LogP contribution in [0.1, 0.15) is 25.5 Å². The first-order valence-electron chi connectivity index (χ1n) is 7.40. The summed E-state index contributed by atoms with van der Waals surface area (Å²) in [6.07, 6.45) is 2.24. The summed E-state index contributed by atoms with van der Waals surface area (Å²) in [5.41, 5.74) is 0.696. The number of nitrogens with zero attached hydrogens (tertiary/aromatic N) is 2. The molecule has 2 rings (SSSR count). The molecule has 1 aromatic rings. The maximum absolute atomic E-state index is 12.0. The molecule has 1 amide bonds. The zero-order valence-electron chi connectivity index (χ0n) is 12.4. The van der Waals surface area contributed by atoms with E-state index in [1.807, 2.05) is 4.90 Å². The molecule has 1 aromatic heterocycles. The molecule has 0 spiro atoms. The Kier molecular flexibility index (Phi) is 6.25. The first-order valence-corrected chi connectivity index (χ1v) is 8.39. The number of aromatic amines is 1. The lowest BCUT2D eigenvalue weighted by molar-refractivity contribution is -0.131. The second-order valence-electron chi connectivity index (χ2n) is 5.02. The fraction of sp³-hybridized carbons (Fsp3) is 0.643. The van der Waals surface area contributed by atoms with Gasteiger partial charge in [0.25, 0.3) is 5.56 Å². The van der Waals surface area contributed by atoms with Crippen molar-refractivity contribution in [3.05, 3.63) is 22.1 Å².